The van der Waals surface area contributed by atoms with E-state index in [1.165, 1.54) is 0 Å². The van der Waals surface area contributed by atoms with Crippen LogP contribution in [-0.2, 0) is 10.0 Å². The number of sulfonamides is 1. The fourth-order valence-corrected chi connectivity index (χ4v) is 3.32. The highest BCUT2D eigenvalue weighted by atomic mass is 32.2. The number of para-hydroxylation sites is 1. The number of hydrogen-bond acceptors (Lipinski definition) is 3. The highest BCUT2D eigenvalue weighted by molar-refractivity contribution is 7.89. The predicted octanol–water partition coefficient (Wildman–Crippen LogP) is 2.59. The van der Waals surface area contributed by atoms with Crippen LogP contribution in [0, 0.1) is 5.92 Å². The molecule has 0 radical (unpaired) electrons. The predicted molar refractivity (Wildman–Crippen MR) is 77.7 cm³/mol. The molecule has 4 nitrogen and oxygen atoms in total. The van der Waals surface area contributed by atoms with Gasteiger partial charge in [0.2, 0.25) is 10.0 Å². The van der Waals surface area contributed by atoms with Gasteiger partial charge in [-0.2, -0.15) is 0 Å². The van der Waals surface area contributed by atoms with Crippen molar-refractivity contribution >= 4 is 15.7 Å². The second kappa shape index (κ2) is 5.92. The maximum Gasteiger partial charge on any atom is 0.242 e. The fourth-order valence-electron chi connectivity index (χ4n) is 1.83. The van der Waals surface area contributed by atoms with Crippen LogP contribution in [0.3, 0.4) is 0 Å². The van der Waals surface area contributed by atoms with E-state index in [0.717, 1.165) is 25.8 Å². The quantitative estimate of drug-likeness (QED) is 0.808. The molecule has 1 fully saturated rings. The van der Waals surface area contributed by atoms with Gasteiger partial charge in [0.05, 0.1) is 5.69 Å². The summed E-state index contributed by atoms with van der Waals surface area (Å²) in [5.74, 6) is 0.598. The Morgan fingerprint density at radius 2 is 1.95 bits per heavy atom. The van der Waals surface area contributed by atoms with E-state index in [1.54, 1.807) is 12.1 Å². The van der Waals surface area contributed by atoms with Crippen molar-refractivity contribution in [3.63, 3.8) is 0 Å². The van der Waals surface area contributed by atoms with Gasteiger partial charge >= 0.3 is 0 Å². The zero-order valence-corrected chi connectivity index (χ0v) is 12.3. The molecule has 0 spiro atoms. The standard InChI is InChI=1S/C14H22N2O2S/c1-11(2)9-10-15-13-5-3-4-6-14(13)19(17,18)16-12-7-8-12/h3-6,11-12,15-16H,7-10H2,1-2H3. The molecule has 0 aliphatic heterocycles. The molecule has 0 bridgehead atoms. The summed E-state index contributed by atoms with van der Waals surface area (Å²) in [6.45, 7) is 5.09. The van der Waals surface area contributed by atoms with Crippen LogP contribution in [0.25, 0.3) is 0 Å². The molecule has 1 saturated carbocycles. The summed E-state index contributed by atoms with van der Waals surface area (Å²) in [4.78, 5) is 0.352. The molecular weight excluding hydrogens is 260 g/mol. The summed E-state index contributed by atoms with van der Waals surface area (Å²) in [5.41, 5.74) is 0.691. The molecule has 0 saturated heterocycles. The van der Waals surface area contributed by atoms with Crippen LogP contribution >= 0.6 is 0 Å². The van der Waals surface area contributed by atoms with E-state index in [2.05, 4.69) is 23.9 Å². The summed E-state index contributed by atoms with van der Waals surface area (Å²) >= 11 is 0. The van der Waals surface area contributed by atoms with Gasteiger partial charge in [-0.15, -0.1) is 0 Å². The molecule has 106 valence electrons. The van der Waals surface area contributed by atoms with Crippen LogP contribution in [-0.4, -0.2) is 21.0 Å². The van der Waals surface area contributed by atoms with Crippen molar-refractivity contribution in [3.8, 4) is 0 Å². The molecule has 0 unspecified atom stereocenters. The third-order valence-electron chi connectivity index (χ3n) is 3.11. The van der Waals surface area contributed by atoms with E-state index >= 15 is 0 Å². The normalized spacial score (nSPS) is 15.7. The van der Waals surface area contributed by atoms with Gasteiger partial charge < -0.3 is 5.32 Å². The van der Waals surface area contributed by atoms with Crippen LogP contribution in [0.15, 0.2) is 29.2 Å². The van der Waals surface area contributed by atoms with Crippen molar-refractivity contribution in [2.24, 2.45) is 5.92 Å². The molecule has 0 aromatic heterocycles. The van der Waals surface area contributed by atoms with E-state index in [0.29, 0.717) is 16.5 Å². The van der Waals surface area contributed by atoms with Gasteiger partial charge in [-0.25, -0.2) is 13.1 Å². The average molecular weight is 282 g/mol. The first-order valence-corrected chi connectivity index (χ1v) is 8.32. The molecule has 0 heterocycles. The van der Waals surface area contributed by atoms with Gasteiger partial charge in [0.25, 0.3) is 0 Å². The van der Waals surface area contributed by atoms with Crippen molar-refractivity contribution < 1.29 is 8.42 Å². The molecule has 2 N–H and O–H groups in total. The number of hydrogen-bond donors (Lipinski definition) is 2. The first-order chi connectivity index (χ1) is 8.99. The minimum Gasteiger partial charge on any atom is -0.384 e. The van der Waals surface area contributed by atoms with Gasteiger partial charge in [-0.1, -0.05) is 26.0 Å². The summed E-state index contributed by atoms with van der Waals surface area (Å²) in [6, 6.07) is 7.22. The van der Waals surface area contributed by atoms with Crippen molar-refractivity contribution in [3.05, 3.63) is 24.3 Å². The lowest BCUT2D eigenvalue weighted by Crippen LogP contribution is -2.26. The average Bonchev–Trinajstić information content (AvgIpc) is 3.12. The Kier molecular flexibility index (Phi) is 4.47. The van der Waals surface area contributed by atoms with E-state index in [1.807, 2.05) is 12.1 Å². The molecule has 1 aliphatic carbocycles. The van der Waals surface area contributed by atoms with Gasteiger partial charge in [-0.05, 0) is 37.3 Å². The van der Waals surface area contributed by atoms with Crippen LogP contribution in [0.5, 0.6) is 0 Å². The number of benzene rings is 1. The first kappa shape index (κ1) is 14.3. The fraction of sp³-hybridized carbons (Fsp3) is 0.571. The highest BCUT2D eigenvalue weighted by Crippen LogP contribution is 2.25. The van der Waals surface area contributed by atoms with Crippen LogP contribution in [0.4, 0.5) is 5.69 Å². The lowest BCUT2D eigenvalue weighted by atomic mass is 10.1. The maximum absolute atomic E-state index is 12.2. The Bertz CT molecular complexity index is 522. The SMILES string of the molecule is CC(C)CCNc1ccccc1S(=O)(=O)NC1CC1. The third kappa shape index (κ3) is 4.21. The first-order valence-electron chi connectivity index (χ1n) is 6.84. The van der Waals surface area contributed by atoms with E-state index in [4.69, 9.17) is 0 Å². The minimum atomic E-state index is -3.39. The lowest BCUT2D eigenvalue weighted by Gasteiger charge is -2.13. The zero-order chi connectivity index (χ0) is 13.9. The highest BCUT2D eigenvalue weighted by Gasteiger charge is 2.29. The monoisotopic (exact) mass is 282 g/mol. The van der Waals surface area contributed by atoms with E-state index < -0.39 is 10.0 Å². The van der Waals surface area contributed by atoms with Crippen LogP contribution in [0.1, 0.15) is 33.1 Å². The Labute approximate surface area is 115 Å². The maximum atomic E-state index is 12.2. The molecule has 1 aromatic rings. The number of nitrogens with one attached hydrogen (secondary N) is 2. The molecule has 1 aliphatic rings. The van der Waals surface area contributed by atoms with E-state index in [9.17, 15) is 8.42 Å². The molecule has 1 aromatic carbocycles. The van der Waals surface area contributed by atoms with Gasteiger partial charge in [0, 0.05) is 12.6 Å². The zero-order valence-electron chi connectivity index (χ0n) is 11.5. The van der Waals surface area contributed by atoms with Gasteiger partial charge in [0.1, 0.15) is 4.90 Å². The smallest absolute Gasteiger partial charge is 0.242 e. The summed E-state index contributed by atoms with van der Waals surface area (Å²) < 4.78 is 27.2. The summed E-state index contributed by atoms with van der Waals surface area (Å²) in [7, 11) is -3.39. The van der Waals surface area contributed by atoms with Crippen molar-refractivity contribution in [1.29, 1.82) is 0 Å². The van der Waals surface area contributed by atoms with Crippen molar-refractivity contribution in [2.75, 3.05) is 11.9 Å². The molecule has 0 amide bonds. The second-order valence-corrected chi connectivity index (χ2v) is 7.18. The second-order valence-electron chi connectivity index (χ2n) is 5.50. The number of anilines is 1. The summed E-state index contributed by atoms with van der Waals surface area (Å²) in [6.07, 6.45) is 2.91. The minimum absolute atomic E-state index is 0.133. The Hall–Kier alpha value is -1.07. The third-order valence-corrected chi connectivity index (χ3v) is 4.69. The molecule has 5 heteroatoms. The van der Waals surface area contributed by atoms with Gasteiger partial charge in [-0.3, -0.25) is 0 Å². The molecule has 2 rings (SSSR count). The summed E-state index contributed by atoms with van der Waals surface area (Å²) in [5, 5.41) is 3.23. The Morgan fingerprint density at radius 1 is 1.26 bits per heavy atom. The number of rotatable bonds is 7. The molecule has 0 atom stereocenters. The molecule has 19 heavy (non-hydrogen) atoms. The Balaban J connectivity index is 2.10. The van der Waals surface area contributed by atoms with Crippen molar-refractivity contribution in [2.45, 2.75) is 44.0 Å². The van der Waals surface area contributed by atoms with E-state index in [-0.39, 0.29) is 6.04 Å². The lowest BCUT2D eigenvalue weighted by molar-refractivity contribution is 0.581. The largest absolute Gasteiger partial charge is 0.384 e. The van der Waals surface area contributed by atoms with Crippen molar-refractivity contribution in [1.82, 2.24) is 4.72 Å². The van der Waals surface area contributed by atoms with Gasteiger partial charge in [0.15, 0.2) is 0 Å². The van der Waals surface area contributed by atoms with Crippen LogP contribution in [0.2, 0.25) is 0 Å². The van der Waals surface area contributed by atoms with Crippen LogP contribution < -0.4 is 10.0 Å². The topological polar surface area (TPSA) is 58.2 Å². The molecular formula is C14H22N2O2S. The Morgan fingerprint density at radius 3 is 2.58 bits per heavy atom.